The van der Waals surface area contributed by atoms with Gasteiger partial charge in [0.15, 0.2) is 0 Å². The van der Waals surface area contributed by atoms with Crippen LogP contribution in [0.2, 0.25) is 0 Å². The second-order valence-electron chi connectivity index (χ2n) is 5.14. The summed E-state index contributed by atoms with van der Waals surface area (Å²) in [7, 11) is 0. The van der Waals surface area contributed by atoms with E-state index in [4.69, 9.17) is 4.74 Å². The zero-order chi connectivity index (χ0) is 14.5. The second kappa shape index (κ2) is 6.50. The maximum Gasteiger partial charge on any atom is 0.115 e. The summed E-state index contributed by atoms with van der Waals surface area (Å²) >= 11 is 0. The zero-order valence-electron chi connectivity index (χ0n) is 12.0. The van der Waals surface area contributed by atoms with Crippen molar-refractivity contribution < 1.29 is 9.84 Å². The lowest BCUT2D eigenvalue weighted by Crippen LogP contribution is -2.36. The van der Waals surface area contributed by atoms with Gasteiger partial charge in [-0.2, -0.15) is 0 Å². The van der Waals surface area contributed by atoms with Crippen LogP contribution in [-0.4, -0.2) is 31.4 Å². The first-order chi connectivity index (χ1) is 10.3. The van der Waals surface area contributed by atoms with Gasteiger partial charge in [0.05, 0.1) is 24.6 Å². The monoisotopic (exact) mass is 284 g/mol. The summed E-state index contributed by atoms with van der Waals surface area (Å²) in [5.41, 5.74) is 3.38. The molecule has 0 atom stereocenters. The molecule has 2 aromatic carbocycles. The Balaban J connectivity index is 1.73. The number of phenolic OH excluding ortho intramolecular Hbond substituents is 1. The molecule has 0 radical (unpaired) electrons. The minimum atomic E-state index is 0.302. The topological polar surface area (TPSA) is 44.7 Å². The number of para-hydroxylation sites is 2. The van der Waals surface area contributed by atoms with Crippen LogP contribution >= 0.6 is 0 Å². The van der Waals surface area contributed by atoms with Gasteiger partial charge in [-0.15, -0.1) is 0 Å². The Bertz CT molecular complexity index is 595. The van der Waals surface area contributed by atoms with Crippen LogP contribution in [0.25, 0.3) is 0 Å². The number of aromatic hydroxyl groups is 1. The molecule has 1 saturated heterocycles. The minimum absolute atomic E-state index is 0.302. The number of nitrogens with zero attached hydrogens (tertiary/aromatic N) is 1. The summed E-state index contributed by atoms with van der Waals surface area (Å²) in [6.07, 6.45) is 0. The number of hydrogen-bond acceptors (Lipinski definition) is 4. The SMILES string of the molecule is Oc1cccc(CNc2ccccc2N2CCOCC2)c1. The molecule has 0 unspecified atom stereocenters. The predicted octanol–water partition coefficient (Wildman–Crippen LogP) is 2.84. The smallest absolute Gasteiger partial charge is 0.115 e. The average Bonchev–Trinajstić information content (AvgIpc) is 2.54. The molecule has 0 aliphatic carbocycles. The molecule has 4 heteroatoms. The van der Waals surface area contributed by atoms with Gasteiger partial charge in [-0.25, -0.2) is 0 Å². The van der Waals surface area contributed by atoms with Gasteiger partial charge in [0.25, 0.3) is 0 Å². The summed E-state index contributed by atoms with van der Waals surface area (Å²) in [6.45, 7) is 4.09. The van der Waals surface area contributed by atoms with Crippen molar-refractivity contribution in [2.45, 2.75) is 6.54 Å². The van der Waals surface area contributed by atoms with Gasteiger partial charge < -0.3 is 20.1 Å². The van der Waals surface area contributed by atoms with Crippen LogP contribution in [0, 0.1) is 0 Å². The van der Waals surface area contributed by atoms with Gasteiger partial charge in [0.1, 0.15) is 5.75 Å². The van der Waals surface area contributed by atoms with Crippen molar-refractivity contribution in [3.05, 3.63) is 54.1 Å². The van der Waals surface area contributed by atoms with Gasteiger partial charge in [-0.1, -0.05) is 24.3 Å². The highest BCUT2D eigenvalue weighted by molar-refractivity contribution is 5.70. The van der Waals surface area contributed by atoms with Crippen molar-refractivity contribution >= 4 is 11.4 Å². The molecule has 2 aromatic rings. The highest BCUT2D eigenvalue weighted by Crippen LogP contribution is 2.27. The van der Waals surface area contributed by atoms with Gasteiger partial charge in [-0.3, -0.25) is 0 Å². The second-order valence-corrected chi connectivity index (χ2v) is 5.14. The fourth-order valence-corrected chi connectivity index (χ4v) is 2.57. The highest BCUT2D eigenvalue weighted by Gasteiger charge is 2.14. The van der Waals surface area contributed by atoms with Crippen molar-refractivity contribution in [3.8, 4) is 5.75 Å². The van der Waals surface area contributed by atoms with Crippen LogP contribution < -0.4 is 10.2 Å². The summed E-state index contributed by atoms with van der Waals surface area (Å²) in [6, 6.07) is 15.7. The Kier molecular flexibility index (Phi) is 4.26. The molecular weight excluding hydrogens is 264 g/mol. The molecule has 1 fully saturated rings. The predicted molar refractivity (Wildman–Crippen MR) is 84.9 cm³/mol. The molecule has 0 spiro atoms. The number of phenols is 1. The largest absolute Gasteiger partial charge is 0.508 e. The summed E-state index contributed by atoms with van der Waals surface area (Å²) in [4.78, 5) is 2.34. The lowest BCUT2D eigenvalue weighted by Gasteiger charge is -2.30. The van der Waals surface area contributed by atoms with Crippen LogP contribution in [0.5, 0.6) is 5.75 Å². The van der Waals surface area contributed by atoms with E-state index in [0.717, 1.165) is 37.6 Å². The van der Waals surface area contributed by atoms with Crippen molar-refractivity contribution in [2.24, 2.45) is 0 Å². The first kappa shape index (κ1) is 13.8. The van der Waals surface area contributed by atoms with Crippen molar-refractivity contribution in [1.82, 2.24) is 0 Å². The Hall–Kier alpha value is -2.20. The van der Waals surface area contributed by atoms with E-state index < -0.39 is 0 Å². The van der Waals surface area contributed by atoms with E-state index >= 15 is 0 Å². The fourth-order valence-electron chi connectivity index (χ4n) is 2.57. The molecule has 3 rings (SSSR count). The summed E-state index contributed by atoms with van der Waals surface area (Å²) < 4.78 is 5.41. The quantitative estimate of drug-likeness (QED) is 0.906. The number of rotatable bonds is 4. The van der Waals surface area contributed by atoms with E-state index in [9.17, 15) is 5.11 Å². The Morgan fingerprint density at radius 3 is 2.67 bits per heavy atom. The number of anilines is 2. The van der Waals surface area contributed by atoms with Crippen LogP contribution in [0.3, 0.4) is 0 Å². The standard InChI is InChI=1S/C17H20N2O2/c20-15-5-3-4-14(12-15)13-18-16-6-1-2-7-17(16)19-8-10-21-11-9-19/h1-7,12,18,20H,8-11,13H2. The molecule has 0 aromatic heterocycles. The van der Waals surface area contributed by atoms with Gasteiger partial charge >= 0.3 is 0 Å². The normalized spacial score (nSPS) is 15.0. The van der Waals surface area contributed by atoms with Crippen LogP contribution in [0.15, 0.2) is 48.5 Å². The number of hydrogen-bond donors (Lipinski definition) is 2. The summed E-state index contributed by atoms with van der Waals surface area (Å²) in [5.74, 6) is 0.302. The third kappa shape index (κ3) is 3.47. The third-order valence-corrected chi connectivity index (χ3v) is 3.65. The van der Waals surface area contributed by atoms with E-state index in [0.29, 0.717) is 12.3 Å². The molecule has 1 aliphatic heterocycles. The lowest BCUT2D eigenvalue weighted by molar-refractivity contribution is 0.123. The van der Waals surface area contributed by atoms with E-state index in [1.54, 1.807) is 12.1 Å². The molecule has 4 nitrogen and oxygen atoms in total. The molecule has 21 heavy (non-hydrogen) atoms. The fraction of sp³-hybridized carbons (Fsp3) is 0.294. The molecule has 0 saturated carbocycles. The van der Waals surface area contributed by atoms with Crippen molar-refractivity contribution in [2.75, 3.05) is 36.5 Å². The van der Waals surface area contributed by atoms with Gasteiger partial charge in [0, 0.05) is 19.6 Å². The molecule has 2 N–H and O–H groups in total. The van der Waals surface area contributed by atoms with Crippen LogP contribution in [0.4, 0.5) is 11.4 Å². The van der Waals surface area contributed by atoms with Gasteiger partial charge in [-0.05, 0) is 29.8 Å². The van der Waals surface area contributed by atoms with Crippen molar-refractivity contribution in [1.29, 1.82) is 0 Å². The van der Waals surface area contributed by atoms with E-state index in [2.05, 4.69) is 28.4 Å². The first-order valence-corrected chi connectivity index (χ1v) is 7.26. The summed E-state index contributed by atoms with van der Waals surface area (Å²) in [5, 5.41) is 13.0. The lowest BCUT2D eigenvalue weighted by atomic mass is 10.2. The average molecular weight is 284 g/mol. The Morgan fingerprint density at radius 2 is 1.86 bits per heavy atom. The number of nitrogens with one attached hydrogen (secondary N) is 1. The first-order valence-electron chi connectivity index (χ1n) is 7.26. The van der Waals surface area contributed by atoms with E-state index in [-0.39, 0.29) is 0 Å². The van der Waals surface area contributed by atoms with Crippen LogP contribution in [0.1, 0.15) is 5.56 Å². The molecule has 110 valence electrons. The minimum Gasteiger partial charge on any atom is -0.508 e. The number of benzene rings is 2. The molecule has 1 aliphatic rings. The number of morpholine rings is 1. The molecular formula is C17H20N2O2. The zero-order valence-corrected chi connectivity index (χ0v) is 12.0. The van der Waals surface area contributed by atoms with Crippen LogP contribution in [-0.2, 0) is 11.3 Å². The maximum absolute atomic E-state index is 9.52. The molecule has 0 amide bonds. The maximum atomic E-state index is 9.52. The highest BCUT2D eigenvalue weighted by atomic mass is 16.5. The van der Waals surface area contributed by atoms with E-state index in [1.165, 1.54) is 5.69 Å². The Labute approximate surface area is 125 Å². The van der Waals surface area contributed by atoms with Gasteiger partial charge in [0.2, 0.25) is 0 Å². The van der Waals surface area contributed by atoms with Crippen molar-refractivity contribution in [3.63, 3.8) is 0 Å². The van der Waals surface area contributed by atoms with E-state index in [1.807, 2.05) is 18.2 Å². The molecule has 0 bridgehead atoms. The molecule has 1 heterocycles. The Morgan fingerprint density at radius 1 is 1.05 bits per heavy atom. The number of ether oxygens (including phenoxy) is 1. The third-order valence-electron chi connectivity index (χ3n) is 3.65.